The van der Waals surface area contributed by atoms with Crippen LogP contribution in [-0.2, 0) is 28.9 Å². The first-order valence-corrected chi connectivity index (χ1v) is 9.13. The average molecular weight is 410 g/mol. The number of rotatable bonds is 5. The van der Waals surface area contributed by atoms with Crippen LogP contribution < -0.4 is 28.0 Å². The SMILES string of the molecule is COC(=O)c1c(NC(=O)C[n+]2cccc(C(N)=O)c2)sc2c1CCCC2.[Cl-]. The zero-order chi connectivity index (χ0) is 18.7. The standard InChI is InChI=1S/C18H19N3O4S.ClH/c1-25-18(24)15-12-6-2-3-7-13(12)26-17(15)20-14(22)10-21-8-4-5-11(9-21)16(19)23;/h4-5,8-9H,2-3,6-7,10H2,1H3,(H2-,19,20,22,23,24);1H. The van der Waals surface area contributed by atoms with Gasteiger partial charge in [0.05, 0.1) is 12.7 Å². The number of methoxy groups -OCH3 is 1. The van der Waals surface area contributed by atoms with Gasteiger partial charge in [0.1, 0.15) is 10.6 Å². The van der Waals surface area contributed by atoms with Gasteiger partial charge in [-0.05, 0) is 37.3 Å². The van der Waals surface area contributed by atoms with Gasteiger partial charge < -0.3 is 28.2 Å². The molecule has 0 atom stereocenters. The van der Waals surface area contributed by atoms with Gasteiger partial charge in [-0.25, -0.2) is 4.79 Å². The number of carbonyl (C=O) groups is 3. The van der Waals surface area contributed by atoms with E-state index in [4.69, 9.17) is 10.5 Å². The van der Waals surface area contributed by atoms with Crippen LogP contribution in [0.2, 0.25) is 0 Å². The largest absolute Gasteiger partial charge is 1.00 e. The monoisotopic (exact) mass is 409 g/mol. The lowest BCUT2D eigenvalue weighted by atomic mass is 9.95. The molecule has 0 unspecified atom stereocenters. The fourth-order valence-electron chi connectivity index (χ4n) is 3.07. The van der Waals surface area contributed by atoms with E-state index in [1.165, 1.54) is 24.6 Å². The van der Waals surface area contributed by atoms with Gasteiger partial charge in [0, 0.05) is 10.9 Å². The van der Waals surface area contributed by atoms with E-state index in [-0.39, 0.29) is 24.9 Å². The first-order chi connectivity index (χ1) is 12.5. The number of nitrogens with two attached hydrogens (primary N) is 1. The molecule has 1 aliphatic carbocycles. The molecule has 144 valence electrons. The van der Waals surface area contributed by atoms with Crippen LogP contribution in [0.3, 0.4) is 0 Å². The van der Waals surface area contributed by atoms with Crippen LogP contribution in [0.25, 0.3) is 0 Å². The molecule has 3 N–H and O–H groups in total. The van der Waals surface area contributed by atoms with Crippen LogP contribution in [0.15, 0.2) is 24.5 Å². The second kappa shape index (κ2) is 8.96. The topological polar surface area (TPSA) is 102 Å². The number of nitrogens with one attached hydrogen (secondary N) is 1. The minimum atomic E-state index is -0.557. The van der Waals surface area contributed by atoms with Crippen molar-refractivity contribution in [1.82, 2.24) is 0 Å². The van der Waals surface area contributed by atoms with Crippen molar-refractivity contribution in [2.75, 3.05) is 12.4 Å². The Kier molecular flexibility index (Phi) is 6.92. The fraction of sp³-hybridized carbons (Fsp3) is 0.333. The van der Waals surface area contributed by atoms with Crippen molar-refractivity contribution in [2.24, 2.45) is 5.73 Å². The molecule has 9 heteroatoms. The summed E-state index contributed by atoms with van der Waals surface area (Å²) in [7, 11) is 1.34. The quantitative estimate of drug-likeness (QED) is 0.460. The number of amides is 2. The van der Waals surface area contributed by atoms with Gasteiger partial charge in [0.25, 0.3) is 11.8 Å². The Labute approximate surface area is 166 Å². The maximum Gasteiger partial charge on any atom is 0.341 e. The van der Waals surface area contributed by atoms with Gasteiger partial charge in [-0.1, -0.05) is 0 Å². The van der Waals surface area contributed by atoms with Crippen LogP contribution in [-0.4, -0.2) is 24.9 Å². The number of ether oxygens (including phenoxy) is 1. The Morgan fingerprint density at radius 1 is 1.30 bits per heavy atom. The molecule has 0 saturated carbocycles. The Hall–Kier alpha value is -2.45. The number of anilines is 1. The second-order valence-electron chi connectivity index (χ2n) is 6.08. The Bertz CT molecular complexity index is 881. The molecule has 2 amide bonds. The first kappa shape index (κ1) is 20.9. The molecule has 0 bridgehead atoms. The molecular formula is C18H20ClN3O4S. The van der Waals surface area contributed by atoms with Gasteiger partial charge in [-0.15, -0.1) is 11.3 Å². The van der Waals surface area contributed by atoms with Crippen molar-refractivity contribution in [3.63, 3.8) is 0 Å². The highest BCUT2D eigenvalue weighted by atomic mass is 35.5. The molecule has 2 aromatic rings. The normalized spacial score (nSPS) is 12.5. The summed E-state index contributed by atoms with van der Waals surface area (Å²) < 4.78 is 6.47. The van der Waals surface area contributed by atoms with Gasteiger partial charge in [0.2, 0.25) is 6.54 Å². The highest BCUT2D eigenvalue weighted by Crippen LogP contribution is 2.38. The lowest BCUT2D eigenvalue weighted by Gasteiger charge is -2.11. The van der Waals surface area contributed by atoms with E-state index in [2.05, 4.69) is 5.32 Å². The summed E-state index contributed by atoms with van der Waals surface area (Å²) >= 11 is 1.44. The van der Waals surface area contributed by atoms with Crippen molar-refractivity contribution >= 4 is 34.1 Å². The maximum absolute atomic E-state index is 12.4. The molecule has 7 nitrogen and oxygen atoms in total. The van der Waals surface area contributed by atoms with Gasteiger partial charge in [-0.3, -0.25) is 9.59 Å². The van der Waals surface area contributed by atoms with Crippen LogP contribution in [0, 0.1) is 0 Å². The molecule has 2 aromatic heterocycles. The third kappa shape index (κ3) is 4.64. The number of thiophene rings is 1. The molecule has 0 radical (unpaired) electrons. The van der Waals surface area contributed by atoms with E-state index < -0.39 is 11.9 Å². The van der Waals surface area contributed by atoms with Crippen LogP contribution in [0.4, 0.5) is 5.00 Å². The van der Waals surface area contributed by atoms with Crippen molar-refractivity contribution in [3.8, 4) is 0 Å². The Balaban J connectivity index is 0.00000261. The predicted molar refractivity (Wildman–Crippen MR) is 96.1 cm³/mol. The third-order valence-corrected chi connectivity index (χ3v) is 5.49. The van der Waals surface area contributed by atoms with Gasteiger partial charge >= 0.3 is 5.97 Å². The van der Waals surface area contributed by atoms with Gasteiger partial charge in [-0.2, -0.15) is 4.57 Å². The average Bonchev–Trinajstić information content (AvgIpc) is 2.98. The van der Waals surface area contributed by atoms with Crippen molar-refractivity contribution in [2.45, 2.75) is 32.2 Å². The summed E-state index contributed by atoms with van der Waals surface area (Å²) in [5.74, 6) is -1.28. The van der Waals surface area contributed by atoms with Crippen molar-refractivity contribution in [3.05, 3.63) is 46.1 Å². The predicted octanol–water partition coefficient (Wildman–Crippen LogP) is -1.56. The number of halogens is 1. The van der Waals surface area contributed by atoms with Crippen molar-refractivity contribution in [1.29, 1.82) is 0 Å². The van der Waals surface area contributed by atoms with E-state index >= 15 is 0 Å². The highest BCUT2D eigenvalue weighted by molar-refractivity contribution is 7.17. The molecule has 27 heavy (non-hydrogen) atoms. The summed E-state index contributed by atoms with van der Waals surface area (Å²) in [5.41, 5.74) is 7.04. The van der Waals surface area contributed by atoms with E-state index in [0.29, 0.717) is 16.1 Å². The number of nitrogens with zero attached hydrogens (tertiary/aromatic N) is 1. The van der Waals surface area contributed by atoms with E-state index in [1.807, 2.05) is 0 Å². The number of carbonyl (C=O) groups excluding carboxylic acids is 3. The summed E-state index contributed by atoms with van der Waals surface area (Å²) in [6, 6.07) is 3.23. The van der Waals surface area contributed by atoms with Gasteiger partial charge in [0.15, 0.2) is 12.4 Å². The number of hydrogen-bond donors (Lipinski definition) is 2. The Morgan fingerprint density at radius 2 is 2.04 bits per heavy atom. The molecule has 0 fully saturated rings. The van der Waals surface area contributed by atoms with Crippen molar-refractivity contribution < 1.29 is 36.1 Å². The lowest BCUT2D eigenvalue weighted by Crippen LogP contribution is -3.00. The number of fused-ring (bicyclic) bond motifs is 1. The van der Waals surface area contributed by atoms with Crippen LogP contribution in [0.1, 0.15) is 44.0 Å². The fourth-order valence-corrected chi connectivity index (χ4v) is 4.36. The number of aryl methyl sites for hydroxylation is 1. The smallest absolute Gasteiger partial charge is 0.341 e. The zero-order valence-corrected chi connectivity index (χ0v) is 16.4. The van der Waals surface area contributed by atoms with Crippen LogP contribution in [0.5, 0.6) is 0 Å². The number of esters is 1. The summed E-state index contributed by atoms with van der Waals surface area (Å²) in [4.78, 5) is 37.0. The summed E-state index contributed by atoms with van der Waals surface area (Å²) in [6.07, 6.45) is 7.03. The number of aromatic nitrogens is 1. The molecule has 1 aliphatic rings. The molecule has 2 heterocycles. The number of pyridine rings is 1. The number of hydrogen-bond acceptors (Lipinski definition) is 5. The summed E-state index contributed by atoms with van der Waals surface area (Å²) in [5, 5.41) is 3.35. The van der Waals surface area contributed by atoms with E-state index in [0.717, 1.165) is 36.1 Å². The second-order valence-corrected chi connectivity index (χ2v) is 7.19. The molecule has 0 aliphatic heterocycles. The van der Waals surface area contributed by atoms with E-state index in [1.54, 1.807) is 22.9 Å². The Morgan fingerprint density at radius 3 is 2.74 bits per heavy atom. The minimum absolute atomic E-state index is 0. The molecule has 0 aromatic carbocycles. The molecule has 3 rings (SSSR count). The third-order valence-electron chi connectivity index (χ3n) is 4.28. The van der Waals surface area contributed by atoms with E-state index in [9.17, 15) is 14.4 Å². The molecule has 0 spiro atoms. The first-order valence-electron chi connectivity index (χ1n) is 8.31. The zero-order valence-electron chi connectivity index (χ0n) is 14.8. The molecular weight excluding hydrogens is 390 g/mol. The molecule has 0 saturated heterocycles. The highest BCUT2D eigenvalue weighted by Gasteiger charge is 2.27. The minimum Gasteiger partial charge on any atom is -1.00 e. The lowest BCUT2D eigenvalue weighted by molar-refractivity contribution is -0.684. The summed E-state index contributed by atoms with van der Waals surface area (Å²) in [6.45, 7) is 0.00427. The maximum atomic E-state index is 12.4. The number of primary amides is 1. The van der Waals surface area contributed by atoms with Crippen LogP contribution >= 0.6 is 11.3 Å².